The summed E-state index contributed by atoms with van der Waals surface area (Å²) in [6.07, 6.45) is 6.97. The Balaban J connectivity index is 1.57. The maximum absolute atomic E-state index is 13.8. The number of hydrogen-bond donors (Lipinski definition) is 0. The molecule has 37 heavy (non-hydrogen) atoms. The standard InChI is InChI=1S/C30H21BrCl2N2OS/c31-22-10-4-19(5-11-22)17-26-29(36)35-28(20-8-14-24(33)15-9-20)25-3-1-2-21(27(25)34-30(35)37-26)16-18-6-12-23(32)13-7-18/h4-17,28H,1-3H2/b21-16-,26-17+. The van der Waals surface area contributed by atoms with Gasteiger partial charge < -0.3 is 0 Å². The van der Waals surface area contributed by atoms with E-state index in [4.69, 9.17) is 28.2 Å². The number of allylic oxidation sites excluding steroid dienone is 2. The molecule has 1 aromatic heterocycles. The first-order valence-electron chi connectivity index (χ1n) is 12.0. The summed E-state index contributed by atoms with van der Waals surface area (Å²) in [5.74, 6) is 0. The van der Waals surface area contributed by atoms with Crippen molar-refractivity contribution in [3.05, 3.63) is 141 Å². The molecule has 2 aliphatic rings. The molecule has 0 N–H and O–H groups in total. The summed E-state index contributed by atoms with van der Waals surface area (Å²) in [4.78, 5) is 19.6. The molecule has 0 fully saturated rings. The van der Waals surface area contributed by atoms with E-state index >= 15 is 0 Å². The third-order valence-electron chi connectivity index (χ3n) is 6.70. The van der Waals surface area contributed by atoms with Gasteiger partial charge in [-0.05, 0) is 95.6 Å². The van der Waals surface area contributed by atoms with Crippen LogP contribution in [0.5, 0.6) is 0 Å². The highest BCUT2D eigenvalue weighted by Crippen LogP contribution is 2.41. The van der Waals surface area contributed by atoms with Crippen LogP contribution in [0.3, 0.4) is 0 Å². The summed E-state index contributed by atoms with van der Waals surface area (Å²) >= 11 is 17.3. The van der Waals surface area contributed by atoms with E-state index in [1.807, 2.05) is 83.4 Å². The summed E-state index contributed by atoms with van der Waals surface area (Å²) in [6, 6.07) is 23.4. The fourth-order valence-electron chi connectivity index (χ4n) is 4.97. The van der Waals surface area contributed by atoms with E-state index in [0.29, 0.717) is 14.6 Å². The Morgan fingerprint density at radius 3 is 2.19 bits per heavy atom. The molecule has 0 spiro atoms. The Morgan fingerprint density at radius 1 is 0.865 bits per heavy atom. The zero-order chi connectivity index (χ0) is 25.5. The minimum Gasteiger partial charge on any atom is -0.272 e. The minimum absolute atomic E-state index is 0.0213. The Bertz CT molecular complexity index is 1730. The average Bonchev–Trinajstić information content (AvgIpc) is 3.21. The number of halogens is 3. The third-order valence-corrected chi connectivity index (χ3v) is 8.71. The number of hydrogen-bond acceptors (Lipinski definition) is 3. The molecule has 0 saturated heterocycles. The molecule has 0 saturated carbocycles. The van der Waals surface area contributed by atoms with Crippen molar-refractivity contribution in [2.75, 3.05) is 0 Å². The molecule has 1 aliphatic carbocycles. The maximum atomic E-state index is 13.8. The van der Waals surface area contributed by atoms with Crippen LogP contribution < -0.4 is 14.9 Å². The molecule has 7 heteroatoms. The average molecular weight is 608 g/mol. The normalized spacial score (nSPS) is 18.5. The maximum Gasteiger partial charge on any atom is 0.271 e. The number of rotatable bonds is 3. The highest BCUT2D eigenvalue weighted by Gasteiger charge is 2.32. The third kappa shape index (κ3) is 4.94. The van der Waals surface area contributed by atoms with Gasteiger partial charge in [0.25, 0.3) is 5.56 Å². The van der Waals surface area contributed by atoms with Crippen molar-refractivity contribution in [2.24, 2.45) is 4.99 Å². The first-order chi connectivity index (χ1) is 18.0. The van der Waals surface area contributed by atoms with Gasteiger partial charge in [-0.1, -0.05) is 86.9 Å². The molecule has 3 nitrogen and oxygen atoms in total. The van der Waals surface area contributed by atoms with Crippen LogP contribution in [-0.2, 0) is 0 Å². The Kier molecular flexibility index (Phi) is 6.80. The van der Waals surface area contributed by atoms with Crippen molar-refractivity contribution in [2.45, 2.75) is 25.3 Å². The summed E-state index contributed by atoms with van der Waals surface area (Å²) < 4.78 is 3.53. The Labute approximate surface area is 236 Å². The number of benzene rings is 3. The SMILES string of the molecule is O=c1/c(=C\c2ccc(Br)cc2)sc2n1C(c1ccc(Cl)cc1)C1=C(N=2)/C(=C\c2ccc(Cl)cc2)CCC1. The van der Waals surface area contributed by atoms with Gasteiger partial charge in [-0.15, -0.1) is 0 Å². The predicted molar refractivity (Wildman–Crippen MR) is 157 cm³/mol. The summed E-state index contributed by atoms with van der Waals surface area (Å²) in [5, 5.41) is 1.39. The summed E-state index contributed by atoms with van der Waals surface area (Å²) in [6.45, 7) is 0. The van der Waals surface area contributed by atoms with Crippen LogP contribution in [-0.4, -0.2) is 4.57 Å². The van der Waals surface area contributed by atoms with Gasteiger partial charge in [0.15, 0.2) is 4.80 Å². The molecule has 3 aromatic carbocycles. The molecule has 1 unspecified atom stereocenters. The lowest BCUT2D eigenvalue weighted by Crippen LogP contribution is -2.39. The van der Waals surface area contributed by atoms with Crippen LogP contribution >= 0.6 is 50.5 Å². The number of fused-ring (bicyclic) bond motifs is 1. The van der Waals surface area contributed by atoms with E-state index in [-0.39, 0.29) is 11.6 Å². The van der Waals surface area contributed by atoms with Crippen molar-refractivity contribution in [3.63, 3.8) is 0 Å². The predicted octanol–water partition coefficient (Wildman–Crippen LogP) is 7.55. The van der Waals surface area contributed by atoms with Gasteiger partial charge >= 0.3 is 0 Å². The first-order valence-corrected chi connectivity index (χ1v) is 14.4. The van der Waals surface area contributed by atoms with Gasteiger partial charge in [-0.25, -0.2) is 4.99 Å². The molecule has 0 bridgehead atoms. The van der Waals surface area contributed by atoms with Crippen LogP contribution in [0.1, 0.15) is 42.0 Å². The molecule has 1 atom stereocenters. The van der Waals surface area contributed by atoms with E-state index in [2.05, 4.69) is 22.0 Å². The molecule has 184 valence electrons. The second-order valence-corrected chi connectivity index (χ2v) is 11.9. The fourth-order valence-corrected chi connectivity index (χ4v) is 6.49. The van der Waals surface area contributed by atoms with E-state index in [1.165, 1.54) is 22.5 Å². The lowest BCUT2D eigenvalue weighted by atomic mass is 9.84. The lowest BCUT2D eigenvalue weighted by molar-refractivity contribution is 0.553. The molecule has 4 aromatic rings. The monoisotopic (exact) mass is 606 g/mol. The lowest BCUT2D eigenvalue weighted by Gasteiger charge is -2.31. The smallest absolute Gasteiger partial charge is 0.271 e. The number of aromatic nitrogens is 1. The second-order valence-electron chi connectivity index (χ2n) is 9.13. The fraction of sp³-hybridized carbons (Fsp3) is 0.133. The van der Waals surface area contributed by atoms with E-state index in [9.17, 15) is 4.79 Å². The molecular weight excluding hydrogens is 587 g/mol. The summed E-state index contributed by atoms with van der Waals surface area (Å²) in [5.41, 5.74) is 6.44. The van der Waals surface area contributed by atoms with Crippen molar-refractivity contribution >= 4 is 62.6 Å². The Morgan fingerprint density at radius 2 is 1.49 bits per heavy atom. The highest BCUT2D eigenvalue weighted by molar-refractivity contribution is 9.10. The van der Waals surface area contributed by atoms with Crippen LogP contribution in [0.15, 0.2) is 104 Å². The zero-order valence-electron chi connectivity index (χ0n) is 19.6. The van der Waals surface area contributed by atoms with Gasteiger partial charge in [0.05, 0.1) is 16.3 Å². The highest BCUT2D eigenvalue weighted by atomic mass is 79.9. The number of thiazole rings is 1. The Hall–Kier alpha value is -2.70. The molecular formula is C30H21BrCl2N2OS. The second kappa shape index (κ2) is 10.2. The van der Waals surface area contributed by atoms with E-state index < -0.39 is 0 Å². The topological polar surface area (TPSA) is 34.4 Å². The van der Waals surface area contributed by atoms with Crippen molar-refractivity contribution in [3.8, 4) is 0 Å². The molecule has 2 heterocycles. The molecule has 1 aliphatic heterocycles. The van der Waals surface area contributed by atoms with Crippen LogP contribution in [0.25, 0.3) is 12.2 Å². The first kappa shape index (κ1) is 24.6. The largest absolute Gasteiger partial charge is 0.272 e. The van der Waals surface area contributed by atoms with E-state index in [1.54, 1.807) is 0 Å². The van der Waals surface area contributed by atoms with Crippen LogP contribution in [0.4, 0.5) is 0 Å². The van der Waals surface area contributed by atoms with Crippen LogP contribution in [0.2, 0.25) is 10.0 Å². The zero-order valence-corrected chi connectivity index (χ0v) is 23.5. The van der Waals surface area contributed by atoms with Gasteiger partial charge in [-0.3, -0.25) is 9.36 Å². The van der Waals surface area contributed by atoms with E-state index in [0.717, 1.165) is 50.9 Å². The van der Waals surface area contributed by atoms with Gasteiger partial charge in [0, 0.05) is 14.5 Å². The van der Waals surface area contributed by atoms with Gasteiger partial charge in [0.2, 0.25) is 0 Å². The van der Waals surface area contributed by atoms with Crippen LogP contribution in [0, 0.1) is 0 Å². The van der Waals surface area contributed by atoms with Crippen molar-refractivity contribution in [1.29, 1.82) is 0 Å². The van der Waals surface area contributed by atoms with Crippen molar-refractivity contribution < 1.29 is 0 Å². The quantitative estimate of drug-likeness (QED) is 0.237. The van der Waals surface area contributed by atoms with Gasteiger partial charge in [-0.2, -0.15) is 0 Å². The van der Waals surface area contributed by atoms with Crippen molar-refractivity contribution in [1.82, 2.24) is 4.57 Å². The molecule has 6 rings (SSSR count). The van der Waals surface area contributed by atoms with Gasteiger partial charge in [0.1, 0.15) is 0 Å². The molecule has 0 amide bonds. The minimum atomic E-state index is -0.218. The summed E-state index contributed by atoms with van der Waals surface area (Å²) in [7, 11) is 0. The number of nitrogens with zero attached hydrogens (tertiary/aromatic N) is 2. The molecule has 0 radical (unpaired) electrons.